The quantitative estimate of drug-likeness (QED) is 0.788. The first-order valence-corrected chi connectivity index (χ1v) is 5.06. The number of carbonyl (C=O) groups excluding carboxylic acids is 2. The standard InChI is InChI=1S/C12H15NO3/c1-9(14)13-11-6-4-3-5-10(11)7-8-12(15)16-2/h3-6H,7-8H2,1-2H3,(H,13,14). The Hall–Kier alpha value is -1.84. The summed E-state index contributed by atoms with van der Waals surface area (Å²) in [4.78, 5) is 22.0. The van der Waals surface area contributed by atoms with Gasteiger partial charge in [-0.2, -0.15) is 0 Å². The van der Waals surface area contributed by atoms with Crippen molar-refractivity contribution >= 4 is 17.6 Å². The van der Waals surface area contributed by atoms with Gasteiger partial charge in [-0.3, -0.25) is 9.59 Å². The van der Waals surface area contributed by atoms with Crippen LogP contribution in [0.15, 0.2) is 24.3 Å². The smallest absolute Gasteiger partial charge is 0.305 e. The molecule has 0 unspecified atom stereocenters. The molecule has 0 saturated carbocycles. The van der Waals surface area contributed by atoms with E-state index in [9.17, 15) is 9.59 Å². The second-order valence-electron chi connectivity index (χ2n) is 3.41. The molecule has 0 aliphatic carbocycles. The van der Waals surface area contributed by atoms with Gasteiger partial charge in [0.2, 0.25) is 5.91 Å². The number of ether oxygens (including phenoxy) is 1. The molecule has 0 aromatic heterocycles. The maximum Gasteiger partial charge on any atom is 0.305 e. The van der Waals surface area contributed by atoms with Gasteiger partial charge in [0.25, 0.3) is 0 Å². The third kappa shape index (κ3) is 3.73. The maximum absolute atomic E-state index is 11.0. The number of hydrogen-bond donors (Lipinski definition) is 1. The molecule has 16 heavy (non-hydrogen) atoms. The van der Waals surface area contributed by atoms with E-state index in [1.807, 2.05) is 24.3 Å². The molecule has 0 aliphatic heterocycles. The minimum absolute atomic E-state index is 0.120. The summed E-state index contributed by atoms with van der Waals surface area (Å²) in [7, 11) is 1.36. The fourth-order valence-corrected chi connectivity index (χ4v) is 1.39. The molecule has 0 spiro atoms. The molecule has 1 aromatic carbocycles. The van der Waals surface area contributed by atoms with Crippen LogP contribution in [-0.4, -0.2) is 19.0 Å². The van der Waals surface area contributed by atoms with Crippen molar-refractivity contribution in [3.8, 4) is 0 Å². The zero-order valence-corrected chi connectivity index (χ0v) is 9.45. The van der Waals surface area contributed by atoms with E-state index in [4.69, 9.17) is 0 Å². The average Bonchev–Trinajstić information content (AvgIpc) is 2.26. The zero-order chi connectivity index (χ0) is 12.0. The van der Waals surface area contributed by atoms with E-state index in [1.165, 1.54) is 14.0 Å². The van der Waals surface area contributed by atoms with Gasteiger partial charge in [-0.15, -0.1) is 0 Å². The van der Waals surface area contributed by atoms with E-state index in [2.05, 4.69) is 10.1 Å². The number of anilines is 1. The highest BCUT2D eigenvalue weighted by atomic mass is 16.5. The Bertz CT molecular complexity index is 388. The molecule has 0 bridgehead atoms. The van der Waals surface area contributed by atoms with Crippen molar-refractivity contribution in [2.75, 3.05) is 12.4 Å². The average molecular weight is 221 g/mol. The number of amides is 1. The van der Waals surface area contributed by atoms with Crippen LogP contribution in [0.4, 0.5) is 5.69 Å². The van der Waals surface area contributed by atoms with Crippen LogP contribution in [0.1, 0.15) is 18.9 Å². The number of para-hydroxylation sites is 1. The number of hydrogen-bond acceptors (Lipinski definition) is 3. The molecule has 0 heterocycles. The molecule has 0 saturated heterocycles. The van der Waals surface area contributed by atoms with E-state index in [0.29, 0.717) is 12.8 Å². The zero-order valence-electron chi connectivity index (χ0n) is 9.45. The van der Waals surface area contributed by atoms with Gasteiger partial charge in [0.05, 0.1) is 7.11 Å². The molecular weight excluding hydrogens is 206 g/mol. The molecule has 0 fully saturated rings. The van der Waals surface area contributed by atoms with E-state index >= 15 is 0 Å². The summed E-state index contributed by atoms with van der Waals surface area (Å²) >= 11 is 0. The van der Waals surface area contributed by atoms with Crippen molar-refractivity contribution in [2.24, 2.45) is 0 Å². The van der Waals surface area contributed by atoms with Gasteiger partial charge < -0.3 is 10.1 Å². The lowest BCUT2D eigenvalue weighted by Gasteiger charge is -2.08. The predicted octanol–water partition coefficient (Wildman–Crippen LogP) is 1.75. The van der Waals surface area contributed by atoms with Crippen LogP contribution in [0.3, 0.4) is 0 Å². The van der Waals surface area contributed by atoms with Crippen LogP contribution in [0.2, 0.25) is 0 Å². The third-order valence-corrected chi connectivity index (χ3v) is 2.15. The van der Waals surface area contributed by atoms with E-state index < -0.39 is 0 Å². The highest BCUT2D eigenvalue weighted by molar-refractivity contribution is 5.89. The van der Waals surface area contributed by atoms with Crippen molar-refractivity contribution in [2.45, 2.75) is 19.8 Å². The largest absolute Gasteiger partial charge is 0.469 e. The van der Waals surface area contributed by atoms with Crippen molar-refractivity contribution in [3.05, 3.63) is 29.8 Å². The maximum atomic E-state index is 11.0. The molecule has 0 aliphatic rings. The first kappa shape index (κ1) is 12.2. The number of rotatable bonds is 4. The minimum atomic E-state index is -0.252. The van der Waals surface area contributed by atoms with Gasteiger partial charge in [-0.25, -0.2) is 0 Å². The number of aryl methyl sites for hydroxylation is 1. The molecule has 1 amide bonds. The molecule has 4 heteroatoms. The minimum Gasteiger partial charge on any atom is -0.469 e. The van der Waals surface area contributed by atoms with Gasteiger partial charge in [-0.1, -0.05) is 18.2 Å². The Morgan fingerprint density at radius 2 is 2.00 bits per heavy atom. The molecule has 0 atom stereocenters. The van der Waals surface area contributed by atoms with E-state index in [1.54, 1.807) is 0 Å². The molecule has 0 radical (unpaired) electrons. The van der Waals surface area contributed by atoms with Crippen LogP contribution in [0.5, 0.6) is 0 Å². The highest BCUT2D eigenvalue weighted by Crippen LogP contribution is 2.16. The number of nitrogens with one attached hydrogen (secondary N) is 1. The lowest BCUT2D eigenvalue weighted by Crippen LogP contribution is -2.09. The topological polar surface area (TPSA) is 55.4 Å². The summed E-state index contributed by atoms with van der Waals surface area (Å²) < 4.78 is 4.57. The Morgan fingerprint density at radius 3 is 2.62 bits per heavy atom. The Morgan fingerprint density at radius 1 is 1.31 bits per heavy atom. The normalized spacial score (nSPS) is 9.62. The lowest BCUT2D eigenvalue weighted by atomic mass is 10.1. The first-order chi connectivity index (χ1) is 7.63. The van der Waals surface area contributed by atoms with Crippen LogP contribution in [0.25, 0.3) is 0 Å². The number of methoxy groups -OCH3 is 1. The monoisotopic (exact) mass is 221 g/mol. The molecule has 1 rings (SSSR count). The van der Waals surface area contributed by atoms with Crippen molar-refractivity contribution in [1.29, 1.82) is 0 Å². The number of carbonyl (C=O) groups is 2. The van der Waals surface area contributed by atoms with E-state index in [0.717, 1.165) is 11.3 Å². The highest BCUT2D eigenvalue weighted by Gasteiger charge is 2.06. The van der Waals surface area contributed by atoms with Crippen molar-refractivity contribution in [1.82, 2.24) is 0 Å². The van der Waals surface area contributed by atoms with Crippen LogP contribution < -0.4 is 5.32 Å². The Balaban J connectivity index is 2.70. The summed E-state index contributed by atoms with van der Waals surface area (Å²) in [6.45, 7) is 1.46. The first-order valence-electron chi connectivity index (χ1n) is 5.06. The van der Waals surface area contributed by atoms with Crippen molar-refractivity contribution in [3.63, 3.8) is 0 Å². The molecule has 1 N–H and O–H groups in total. The lowest BCUT2D eigenvalue weighted by molar-refractivity contribution is -0.140. The fraction of sp³-hybridized carbons (Fsp3) is 0.333. The molecule has 86 valence electrons. The summed E-state index contributed by atoms with van der Waals surface area (Å²) in [5.74, 6) is -0.372. The summed E-state index contributed by atoms with van der Waals surface area (Å²) in [6, 6.07) is 7.41. The summed E-state index contributed by atoms with van der Waals surface area (Å²) in [6.07, 6.45) is 0.871. The Labute approximate surface area is 94.6 Å². The van der Waals surface area contributed by atoms with Gasteiger partial charge in [0.1, 0.15) is 0 Å². The summed E-state index contributed by atoms with van der Waals surface area (Å²) in [5.41, 5.74) is 1.68. The second kappa shape index (κ2) is 5.90. The predicted molar refractivity (Wildman–Crippen MR) is 61.1 cm³/mol. The van der Waals surface area contributed by atoms with Gasteiger partial charge in [-0.05, 0) is 18.1 Å². The van der Waals surface area contributed by atoms with Gasteiger partial charge in [0.15, 0.2) is 0 Å². The molecule has 4 nitrogen and oxygen atoms in total. The second-order valence-corrected chi connectivity index (χ2v) is 3.41. The Kier molecular flexibility index (Phi) is 4.51. The molecular formula is C12H15NO3. The number of esters is 1. The third-order valence-electron chi connectivity index (χ3n) is 2.15. The van der Waals surface area contributed by atoms with Gasteiger partial charge in [0, 0.05) is 19.0 Å². The fourth-order valence-electron chi connectivity index (χ4n) is 1.39. The van der Waals surface area contributed by atoms with Crippen LogP contribution in [-0.2, 0) is 20.7 Å². The van der Waals surface area contributed by atoms with E-state index in [-0.39, 0.29) is 11.9 Å². The van der Waals surface area contributed by atoms with Gasteiger partial charge >= 0.3 is 5.97 Å². The summed E-state index contributed by atoms with van der Waals surface area (Å²) in [5, 5.41) is 2.72. The SMILES string of the molecule is COC(=O)CCc1ccccc1NC(C)=O. The number of benzene rings is 1. The van der Waals surface area contributed by atoms with Crippen LogP contribution in [0, 0.1) is 0 Å². The molecule has 1 aromatic rings. The van der Waals surface area contributed by atoms with Crippen LogP contribution >= 0.6 is 0 Å². The van der Waals surface area contributed by atoms with Crippen molar-refractivity contribution < 1.29 is 14.3 Å².